The van der Waals surface area contributed by atoms with Crippen molar-refractivity contribution in [3.63, 3.8) is 0 Å². The highest BCUT2D eigenvalue weighted by molar-refractivity contribution is 5.37. The Labute approximate surface area is 120 Å². The van der Waals surface area contributed by atoms with Crippen LogP contribution < -0.4 is 9.47 Å². The van der Waals surface area contributed by atoms with Crippen LogP contribution in [0.3, 0.4) is 0 Å². The minimum Gasteiger partial charge on any atom is -0.457 e. The van der Waals surface area contributed by atoms with E-state index in [0.29, 0.717) is 0 Å². The molecule has 0 N–H and O–H groups in total. The number of alkyl halides is 6. The summed E-state index contributed by atoms with van der Waals surface area (Å²) in [6.07, 6.45) is -9.33. The van der Waals surface area contributed by atoms with E-state index in [1.54, 1.807) is 0 Å². The van der Waals surface area contributed by atoms with Gasteiger partial charge in [-0.25, -0.2) is 0 Å². The van der Waals surface area contributed by atoms with Gasteiger partial charge in [-0.1, -0.05) is 6.07 Å². The first kappa shape index (κ1) is 16.0. The Morgan fingerprint density at radius 3 is 1.82 bits per heavy atom. The third kappa shape index (κ3) is 4.57. The molecule has 0 fully saturated rings. The predicted molar refractivity (Wildman–Crippen MR) is 64.6 cm³/mol. The van der Waals surface area contributed by atoms with E-state index in [2.05, 4.69) is 4.74 Å². The normalized spacial score (nSPS) is 12.1. The van der Waals surface area contributed by atoms with Crippen molar-refractivity contribution in [1.29, 1.82) is 0 Å². The zero-order valence-corrected chi connectivity index (χ0v) is 10.7. The standard InChI is InChI=1S/C14H8F6O2/c15-13(16,17)9-2-1-3-12(8-9)21-10-4-6-11(7-5-10)22-14(18,19)20/h1-8H. The van der Waals surface area contributed by atoms with Crippen molar-refractivity contribution in [2.45, 2.75) is 12.5 Å². The molecule has 0 saturated carbocycles. The molecule has 0 radical (unpaired) electrons. The van der Waals surface area contributed by atoms with Gasteiger partial charge in [-0.3, -0.25) is 0 Å². The number of rotatable bonds is 3. The maximum absolute atomic E-state index is 12.5. The second kappa shape index (κ2) is 5.78. The molecule has 0 spiro atoms. The third-order valence-corrected chi connectivity index (χ3v) is 2.45. The molecule has 2 rings (SSSR count). The lowest BCUT2D eigenvalue weighted by Crippen LogP contribution is -2.16. The van der Waals surface area contributed by atoms with Crippen molar-refractivity contribution in [2.75, 3.05) is 0 Å². The lowest BCUT2D eigenvalue weighted by atomic mass is 10.2. The van der Waals surface area contributed by atoms with Crippen molar-refractivity contribution >= 4 is 0 Å². The molecule has 8 heteroatoms. The molecule has 0 unspecified atom stereocenters. The fraction of sp³-hybridized carbons (Fsp3) is 0.143. The van der Waals surface area contributed by atoms with E-state index in [4.69, 9.17) is 4.74 Å². The average molecular weight is 322 g/mol. The summed E-state index contributed by atoms with van der Waals surface area (Å²) >= 11 is 0. The number of benzene rings is 2. The Kier molecular flexibility index (Phi) is 4.20. The van der Waals surface area contributed by atoms with Gasteiger partial charge < -0.3 is 9.47 Å². The molecular weight excluding hydrogens is 314 g/mol. The van der Waals surface area contributed by atoms with Crippen LogP contribution in [-0.4, -0.2) is 6.36 Å². The highest BCUT2D eigenvalue weighted by atomic mass is 19.4. The summed E-state index contributed by atoms with van der Waals surface area (Å²) < 4.78 is 82.4. The lowest BCUT2D eigenvalue weighted by molar-refractivity contribution is -0.274. The van der Waals surface area contributed by atoms with Gasteiger partial charge in [0.15, 0.2) is 0 Å². The molecule has 2 aromatic carbocycles. The van der Waals surface area contributed by atoms with Gasteiger partial charge in [0.1, 0.15) is 17.2 Å². The van der Waals surface area contributed by atoms with E-state index in [0.717, 1.165) is 36.4 Å². The molecule has 0 amide bonds. The van der Waals surface area contributed by atoms with Crippen molar-refractivity contribution in [2.24, 2.45) is 0 Å². The molecule has 0 atom stereocenters. The largest absolute Gasteiger partial charge is 0.573 e. The van der Waals surface area contributed by atoms with E-state index in [1.807, 2.05) is 0 Å². The minimum atomic E-state index is -4.82. The maximum atomic E-state index is 12.5. The molecule has 0 heterocycles. The second-order valence-electron chi connectivity index (χ2n) is 4.15. The summed E-state index contributed by atoms with van der Waals surface area (Å²) in [4.78, 5) is 0. The van der Waals surface area contributed by atoms with Gasteiger partial charge in [-0.05, 0) is 42.5 Å². The van der Waals surface area contributed by atoms with Crippen molar-refractivity contribution in [3.8, 4) is 17.2 Å². The molecule has 2 nitrogen and oxygen atoms in total. The molecule has 0 aliphatic heterocycles. The zero-order chi connectivity index (χ0) is 16.4. The van der Waals surface area contributed by atoms with Gasteiger partial charge in [-0.15, -0.1) is 13.2 Å². The molecule has 2 aromatic rings. The highest BCUT2D eigenvalue weighted by Gasteiger charge is 2.31. The summed E-state index contributed by atoms with van der Waals surface area (Å²) in [5, 5.41) is 0. The van der Waals surface area contributed by atoms with Crippen LogP contribution in [0.2, 0.25) is 0 Å². The number of ether oxygens (including phenoxy) is 2. The van der Waals surface area contributed by atoms with Crippen LogP contribution >= 0.6 is 0 Å². The second-order valence-corrected chi connectivity index (χ2v) is 4.15. The molecule has 0 aliphatic carbocycles. The fourth-order valence-corrected chi connectivity index (χ4v) is 1.58. The molecule has 0 aromatic heterocycles. The Balaban J connectivity index is 2.11. The van der Waals surface area contributed by atoms with Gasteiger partial charge >= 0.3 is 12.5 Å². The molecule has 118 valence electrons. The van der Waals surface area contributed by atoms with E-state index in [9.17, 15) is 26.3 Å². The van der Waals surface area contributed by atoms with Crippen LogP contribution in [0.15, 0.2) is 48.5 Å². The van der Waals surface area contributed by atoms with Crippen LogP contribution in [0.5, 0.6) is 17.2 Å². The minimum absolute atomic E-state index is 0.0776. The summed E-state index contributed by atoms with van der Waals surface area (Å²) in [6.45, 7) is 0. The third-order valence-electron chi connectivity index (χ3n) is 2.45. The zero-order valence-electron chi connectivity index (χ0n) is 10.7. The maximum Gasteiger partial charge on any atom is 0.573 e. The van der Waals surface area contributed by atoms with Gasteiger partial charge in [-0.2, -0.15) is 13.2 Å². The summed E-state index contributed by atoms with van der Waals surface area (Å²) in [5.41, 5.74) is -0.887. The molecule has 0 saturated heterocycles. The lowest BCUT2D eigenvalue weighted by Gasteiger charge is -2.11. The van der Waals surface area contributed by atoms with Gasteiger partial charge in [0.05, 0.1) is 5.56 Å². The SMILES string of the molecule is FC(F)(F)Oc1ccc(Oc2cccc(C(F)(F)F)c2)cc1. The van der Waals surface area contributed by atoms with Crippen molar-refractivity contribution in [3.05, 3.63) is 54.1 Å². The van der Waals surface area contributed by atoms with Crippen LogP contribution in [-0.2, 0) is 6.18 Å². The Morgan fingerprint density at radius 1 is 0.682 bits per heavy atom. The monoisotopic (exact) mass is 322 g/mol. The number of halogens is 6. The van der Waals surface area contributed by atoms with Gasteiger partial charge in [0, 0.05) is 0 Å². The van der Waals surface area contributed by atoms with E-state index in [-0.39, 0.29) is 11.5 Å². The number of hydrogen-bond donors (Lipinski definition) is 0. The smallest absolute Gasteiger partial charge is 0.457 e. The Bertz CT molecular complexity index is 631. The van der Waals surface area contributed by atoms with Crippen LogP contribution in [0.25, 0.3) is 0 Å². The average Bonchev–Trinajstić information content (AvgIpc) is 2.39. The van der Waals surface area contributed by atoms with Crippen molar-refractivity contribution < 1.29 is 35.8 Å². The van der Waals surface area contributed by atoms with Gasteiger partial charge in [0.25, 0.3) is 0 Å². The quantitative estimate of drug-likeness (QED) is 0.705. The Morgan fingerprint density at radius 2 is 1.27 bits per heavy atom. The highest BCUT2D eigenvalue weighted by Crippen LogP contribution is 2.33. The summed E-state index contributed by atoms with van der Waals surface area (Å²) in [7, 11) is 0. The molecule has 22 heavy (non-hydrogen) atoms. The van der Waals surface area contributed by atoms with Crippen LogP contribution in [0.1, 0.15) is 5.56 Å². The Hall–Kier alpha value is -2.38. The summed E-state index contributed by atoms with van der Waals surface area (Å²) in [5.74, 6) is -0.461. The first-order valence-electron chi connectivity index (χ1n) is 5.84. The predicted octanol–water partition coefficient (Wildman–Crippen LogP) is 5.40. The first-order chi connectivity index (χ1) is 10.1. The van der Waals surface area contributed by atoms with E-state index >= 15 is 0 Å². The van der Waals surface area contributed by atoms with Gasteiger partial charge in [0.2, 0.25) is 0 Å². The van der Waals surface area contributed by atoms with Crippen molar-refractivity contribution in [1.82, 2.24) is 0 Å². The topological polar surface area (TPSA) is 18.5 Å². The molecular formula is C14H8F6O2. The van der Waals surface area contributed by atoms with E-state index < -0.39 is 23.9 Å². The number of hydrogen-bond acceptors (Lipinski definition) is 2. The first-order valence-corrected chi connectivity index (χ1v) is 5.84. The fourth-order valence-electron chi connectivity index (χ4n) is 1.58. The van der Waals surface area contributed by atoms with Crippen LogP contribution in [0.4, 0.5) is 26.3 Å². The summed E-state index contributed by atoms with van der Waals surface area (Å²) in [6, 6.07) is 8.44. The molecule has 0 aliphatic rings. The molecule has 0 bridgehead atoms. The van der Waals surface area contributed by atoms with Crippen LogP contribution in [0, 0.1) is 0 Å². The van der Waals surface area contributed by atoms with E-state index in [1.165, 1.54) is 12.1 Å².